The van der Waals surface area contributed by atoms with E-state index in [0.29, 0.717) is 10.8 Å². The van der Waals surface area contributed by atoms with Gasteiger partial charge in [-0.25, -0.2) is 0 Å². The second-order valence-electron chi connectivity index (χ2n) is 5.42. The molecule has 0 unspecified atom stereocenters. The van der Waals surface area contributed by atoms with Gasteiger partial charge in [-0.1, -0.05) is 20.8 Å². The second-order valence-corrected chi connectivity index (χ2v) is 5.42. The van der Waals surface area contributed by atoms with Crippen molar-refractivity contribution in [3.8, 4) is 0 Å². The summed E-state index contributed by atoms with van der Waals surface area (Å²) in [5, 5.41) is 0. The van der Waals surface area contributed by atoms with Crippen molar-refractivity contribution in [1.29, 1.82) is 0 Å². The Bertz CT molecular complexity index is 156. The van der Waals surface area contributed by atoms with Crippen LogP contribution in [0.15, 0.2) is 0 Å². The molecule has 0 spiro atoms. The van der Waals surface area contributed by atoms with Crippen LogP contribution >= 0.6 is 0 Å². The standard InChI is InChI=1S/C9H17N/c1-7(2,3)8-4-9(10,5-8)6-8/h4-6,10H2,1-3H3. The molecule has 1 heteroatoms. The van der Waals surface area contributed by atoms with Gasteiger partial charge in [-0.15, -0.1) is 0 Å². The summed E-state index contributed by atoms with van der Waals surface area (Å²) in [6.45, 7) is 7.02. The number of rotatable bonds is 0. The molecule has 0 heterocycles. The van der Waals surface area contributed by atoms with Crippen molar-refractivity contribution in [3.05, 3.63) is 0 Å². The Balaban J connectivity index is 2.11. The van der Waals surface area contributed by atoms with Gasteiger partial charge in [-0.2, -0.15) is 0 Å². The molecule has 3 aliphatic rings. The van der Waals surface area contributed by atoms with Gasteiger partial charge in [0, 0.05) is 5.54 Å². The summed E-state index contributed by atoms with van der Waals surface area (Å²) in [5.41, 5.74) is 7.39. The molecule has 3 saturated carbocycles. The maximum atomic E-state index is 5.97. The zero-order valence-corrected chi connectivity index (χ0v) is 7.20. The van der Waals surface area contributed by atoms with Crippen LogP contribution in [-0.4, -0.2) is 5.54 Å². The van der Waals surface area contributed by atoms with Crippen LogP contribution in [0.2, 0.25) is 0 Å². The highest BCUT2D eigenvalue weighted by molar-refractivity contribution is 5.24. The van der Waals surface area contributed by atoms with E-state index in [9.17, 15) is 0 Å². The lowest BCUT2D eigenvalue weighted by Gasteiger charge is -2.74. The van der Waals surface area contributed by atoms with E-state index in [0.717, 1.165) is 0 Å². The second kappa shape index (κ2) is 1.29. The maximum Gasteiger partial charge on any atom is 0.0170 e. The van der Waals surface area contributed by atoms with Gasteiger partial charge < -0.3 is 5.73 Å². The van der Waals surface area contributed by atoms with Gasteiger partial charge in [0.05, 0.1) is 0 Å². The Hall–Kier alpha value is -0.0400. The fraction of sp³-hybridized carbons (Fsp3) is 1.00. The molecule has 0 aliphatic heterocycles. The molecular formula is C9H17N. The zero-order valence-electron chi connectivity index (χ0n) is 7.20. The van der Waals surface area contributed by atoms with Crippen molar-refractivity contribution >= 4 is 0 Å². The van der Waals surface area contributed by atoms with E-state index >= 15 is 0 Å². The van der Waals surface area contributed by atoms with Gasteiger partial charge in [0.2, 0.25) is 0 Å². The highest BCUT2D eigenvalue weighted by atomic mass is 14.9. The summed E-state index contributed by atoms with van der Waals surface area (Å²) >= 11 is 0. The van der Waals surface area contributed by atoms with Gasteiger partial charge in [0.25, 0.3) is 0 Å². The van der Waals surface area contributed by atoms with Gasteiger partial charge in [0.1, 0.15) is 0 Å². The third kappa shape index (κ3) is 0.531. The molecule has 1 nitrogen and oxygen atoms in total. The summed E-state index contributed by atoms with van der Waals surface area (Å²) < 4.78 is 0. The molecule has 3 fully saturated rings. The van der Waals surface area contributed by atoms with Gasteiger partial charge in [-0.3, -0.25) is 0 Å². The molecule has 0 aromatic heterocycles. The smallest absolute Gasteiger partial charge is 0.0170 e. The van der Waals surface area contributed by atoms with E-state index in [1.165, 1.54) is 19.3 Å². The van der Waals surface area contributed by atoms with Crippen molar-refractivity contribution < 1.29 is 0 Å². The number of hydrogen-bond acceptors (Lipinski definition) is 1. The van der Waals surface area contributed by atoms with Gasteiger partial charge >= 0.3 is 0 Å². The highest BCUT2D eigenvalue weighted by Gasteiger charge is 2.69. The SMILES string of the molecule is CC(C)(C)C12CC(N)(C1)C2. The lowest BCUT2D eigenvalue weighted by molar-refractivity contribution is -0.199. The van der Waals surface area contributed by atoms with Crippen molar-refractivity contribution in [2.24, 2.45) is 16.6 Å². The number of nitrogens with two attached hydrogens (primary N) is 1. The average molecular weight is 139 g/mol. The molecule has 0 radical (unpaired) electrons. The number of hydrogen-bond donors (Lipinski definition) is 1. The first-order valence-electron chi connectivity index (χ1n) is 4.16. The Morgan fingerprint density at radius 3 is 1.60 bits per heavy atom. The molecule has 0 aromatic carbocycles. The highest BCUT2D eigenvalue weighted by Crippen LogP contribution is 2.72. The molecule has 0 aromatic rings. The van der Waals surface area contributed by atoms with E-state index in [1.54, 1.807) is 0 Å². The minimum Gasteiger partial charge on any atom is -0.325 e. The van der Waals surface area contributed by atoms with Crippen LogP contribution < -0.4 is 5.73 Å². The first-order chi connectivity index (χ1) is 4.37. The van der Waals surface area contributed by atoms with Crippen LogP contribution in [0.25, 0.3) is 0 Å². The first kappa shape index (κ1) is 6.66. The first-order valence-corrected chi connectivity index (χ1v) is 4.16. The normalized spacial score (nSPS) is 51.6. The topological polar surface area (TPSA) is 26.0 Å². The third-order valence-corrected chi connectivity index (χ3v) is 3.66. The van der Waals surface area contributed by atoms with Gasteiger partial charge in [0.15, 0.2) is 0 Å². The molecule has 3 rings (SSSR count). The summed E-state index contributed by atoms with van der Waals surface area (Å²) in [7, 11) is 0. The van der Waals surface area contributed by atoms with Crippen LogP contribution in [0, 0.1) is 10.8 Å². The molecule has 58 valence electrons. The Morgan fingerprint density at radius 1 is 1.10 bits per heavy atom. The molecule has 2 N–H and O–H groups in total. The maximum absolute atomic E-state index is 5.97. The summed E-state index contributed by atoms with van der Waals surface area (Å²) in [6.07, 6.45) is 3.84. The fourth-order valence-electron chi connectivity index (χ4n) is 2.66. The predicted octanol–water partition coefficient (Wildman–Crippen LogP) is 1.91. The molecule has 3 aliphatic carbocycles. The monoisotopic (exact) mass is 139 g/mol. The van der Waals surface area contributed by atoms with Crippen molar-refractivity contribution in [2.45, 2.75) is 45.6 Å². The third-order valence-electron chi connectivity index (χ3n) is 3.66. The van der Waals surface area contributed by atoms with Crippen LogP contribution in [0.5, 0.6) is 0 Å². The average Bonchev–Trinajstić information content (AvgIpc) is 1.51. The van der Waals surface area contributed by atoms with E-state index in [1.807, 2.05) is 0 Å². The van der Waals surface area contributed by atoms with E-state index in [2.05, 4.69) is 20.8 Å². The lowest BCUT2D eigenvalue weighted by Crippen LogP contribution is -2.75. The van der Waals surface area contributed by atoms with Gasteiger partial charge in [-0.05, 0) is 30.1 Å². The summed E-state index contributed by atoms with van der Waals surface area (Å²) in [6, 6.07) is 0. The van der Waals surface area contributed by atoms with E-state index < -0.39 is 0 Å². The van der Waals surface area contributed by atoms with Crippen LogP contribution in [0.1, 0.15) is 40.0 Å². The van der Waals surface area contributed by atoms with Crippen molar-refractivity contribution in [2.75, 3.05) is 0 Å². The Morgan fingerprint density at radius 2 is 1.50 bits per heavy atom. The molecule has 10 heavy (non-hydrogen) atoms. The molecular weight excluding hydrogens is 122 g/mol. The predicted molar refractivity (Wildman–Crippen MR) is 42.7 cm³/mol. The van der Waals surface area contributed by atoms with E-state index in [-0.39, 0.29) is 5.54 Å². The summed E-state index contributed by atoms with van der Waals surface area (Å²) in [5.74, 6) is 0. The molecule has 0 saturated heterocycles. The fourth-order valence-corrected chi connectivity index (χ4v) is 2.66. The lowest BCUT2D eigenvalue weighted by atomic mass is 9.33. The minimum atomic E-state index is 0.285. The molecule has 2 bridgehead atoms. The van der Waals surface area contributed by atoms with Crippen LogP contribution in [0.4, 0.5) is 0 Å². The van der Waals surface area contributed by atoms with Crippen LogP contribution in [0.3, 0.4) is 0 Å². The zero-order chi connectivity index (χ0) is 7.62. The Kier molecular flexibility index (Phi) is 0.860. The Labute approximate surface area is 63.0 Å². The quantitative estimate of drug-likeness (QED) is 0.545. The van der Waals surface area contributed by atoms with Crippen LogP contribution in [-0.2, 0) is 0 Å². The summed E-state index contributed by atoms with van der Waals surface area (Å²) in [4.78, 5) is 0. The van der Waals surface area contributed by atoms with E-state index in [4.69, 9.17) is 5.73 Å². The molecule has 0 atom stereocenters. The minimum absolute atomic E-state index is 0.285. The van der Waals surface area contributed by atoms with Crippen molar-refractivity contribution in [3.63, 3.8) is 0 Å². The van der Waals surface area contributed by atoms with Crippen molar-refractivity contribution in [1.82, 2.24) is 0 Å². The molecule has 0 amide bonds. The largest absolute Gasteiger partial charge is 0.325 e.